The Morgan fingerprint density at radius 3 is 3.00 bits per heavy atom. The Morgan fingerprint density at radius 2 is 2.56 bits per heavy atom. The molecule has 1 heterocycles. The summed E-state index contributed by atoms with van der Waals surface area (Å²) in [6.07, 6.45) is 1.86. The minimum Gasteiger partial charge on any atom is -0.449 e. The van der Waals surface area contributed by atoms with Crippen molar-refractivity contribution in [2.24, 2.45) is 0 Å². The van der Waals surface area contributed by atoms with Gasteiger partial charge >= 0.3 is 0 Å². The van der Waals surface area contributed by atoms with E-state index in [0.717, 1.165) is 19.4 Å². The normalized spacial score (nSPS) is 26.1. The lowest BCUT2D eigenvalue weighted by molar-refractivity contribution is -0.0431. The molecular formula is C5H8O2S2. The van der Waals surface area contributed by atoms with Crippen LogP contribution in [0.3, 0.4) is 0 Å². The zero-order valence-electron chi connectivity index (χ0n) is 4.87. The first-order chi connectivity index (χ1) is 4.29. The highest BCUT2D eigenvalue weighted by atomic mass is 32.1. The molecule has 1 aliphatic rings. The highest BCUT2D eigenvalue weighted by molar-refractivity contribution is 8.10. The topological polar surface area (TPSA) is 18.5 Å². The number of hydrogen-bond donors (Lipinski definition) is 1. The minimum absolute atomic E-state index is 0.130. The molecular weight excluding hydrogens is 156 g/mol. The van der Waals surface area contributed by atoms with Crippen LogP contribution in [0.5, 0.6) is 0 Å². The summed E-state index contributed by atoms with van der Waals surface area (Å²) in [5.41, 5.74) is 0. The van der Waals surface area contributed by atoms with Gasteiger partial charge < -0.3 is 9.47 Å². The maximum Gasteiger partial charge on any atom is 0.219 e. The molecule has 1 rings (SSSR count). The fraction of sp³-hybridized carbons (Fsp3) is 0.800. The molecule has 1 atom stereocenters. The van der Waals surface area contributed by atoms with Gasteiger partial charge in [0.2, 0.25) is 10.7 Å². The van der Waals surface area contributed by atoms with Crippen LogP contribution in [0.15, 0.2) is 0 Å². The Hall–Kier alpha value is 0.200. The van der Waals surface area contributed by atoms with E-state index in [4.69, 9.17) is 9.47 Å². The summed E-state index contributed by atoms with van der Waals surface area (Å²) in [5, 5.41) is 0. The van der Waals surface area contributed by atoms with E-state index < -0.39 is 0 Å². The van der Waals surface area contributed by atoms with Crippen LogP contribution >= 0.6 is 24.8 Å². The Morgan fingerprint density at radius 1 is 1.78 bits per heavy atom. The van der Waals surface area contributed by atoms with Gasteiger partial charge in [-0.15, -0.1) is 0 Å². The van der Waals surface area contributed by atoms with Crippen LogP contribution in [0.4, 0.5) is 0 Å². The number of thiocarbonyl (C=S) groups is 1. The Bertz CT molecular complexity index is 110. The third-order valence-corrected chi connectivity index (χ3v) is 1.32. The van der Waals surface area contributed by atoms with Gasteiger partial charge in [-0.25, -0.2) is 0 Å². The zero-order valence-corrected chi connectivity index (χ0v) is 6.58. The first-order valence-corrected chi connectivity index (χ1v) is 3.66. The molecule has 0 aromatic heterocycles. The van der Waals surface area contributed by atoms with E-state index in [0.29, 0.717) is 0 Å². The van der Waals surface area contributed by atoms with Crippen molar-refractivity contribution in [3.05, 3.63) is 0 Å². The molecule has 0 saturated carbocycles. The molecule has 1 saturated heterocycles. The molecule has 2 nitrogen and oxygen atoms in total. The number of thiol groups is 1. The second-order valence-corrected chi connectivity index (χ2v) is 2.91. The lowest BCUT2D eigenvalue weighted by Crippen LogP contribution is -2.11. The molecule has 0 N–H and O–H groups in total. The van der Waals surface area contributed by atoms with Crippen molar-refractivity contribution in [3.8, 4) is 0 Å². The fourth-order valence-corrected chi connectivity index (χ4v) is 0.978. The summed E-state index contributed by atoms with van der Waals surface area (Å²) >= 11 is 8.40. The molecule has 52 valence electrons. The van der Waals surface area contributed by atoms with Gasteiger partial charge in [-0.05, 0) is 18.6 Å². The molecule has 1 aliphatic heterocycles. The van der Waals surface area contributed by atoms with E-state index in [2.05, 4.69) is 24.8 Å². The molecule has 1 unspecified atom stereocenters. The second-order valence-electron chi connectivity index (χ2n) is 1.83. The Labute approximate surface area is 64.9 Å². The minimum atomic E-state index is -0.130. The number of ether oxygens (including phenoxy) is 2. The smallest absolute Gasteiger partial charge is 0.219 e. The molecule has 1 fully saturated rings. The van der Waals surface area contributed by atoms with Crippen LogP contribution in [-0.2, 0) is 9.47 Å². The summed E-state index contributed by atoms with van der Waals surface area (Å²) in [6, 6.07) is 0. The fourth-order valence-electron chi connectivity index (χ4n) is 0.754. The van der Waals surface area contributed by atoms with Crippen molar-refractivity contribution in [2.45, 2.75) is 19.1 Å². The van der Waals surface area contributed by atoms with E-state index >= 15 is 0 Å². The van der Waals surface area contributed by atoms with Crippen molar-refractivity contribution >= 4 is 29.2 Å². The highest BCUT2D eigenvalue weighted by Gasteiger charge is 2.16. The van der Waals surface area contributed by atoms with Crippen molar-refractivity contribution in [2.75, 3.05) is 6.61 Å². The molecule has 0 amide bonds. The molecule has 0 aromatic carbocycles. The molecule has 9 heavy (non-hydrogen) atoms. The van der Waals surface area contributed by atoms with Gasteiger partial charge in [0, 0.05) is 6.42 Å². The van der Waals surface area contributed by atoms with E-state index in [-0.39, 0.29) is 10.7 Å². The summed E-state index contributed by atoms with van der Waals surface area (Å²) in [7, 11) is 0. The van der Waals surface area contributed by atoms with Gasteiger partial charge in [0.05, 0.1) is 6.61 Å². The van der Waals surface area contributed by atoms with Crippen LogP contribution in [0.25, 0.3) is 0 Å². The quantitative estimate of drug-likeness (QED) is 0.466. The lowest BCUT2D eigenvalue weighted by atomic mass is 10.4. The predicted molar refractivity (Wildman–Crippen MR) is 41.6 cm³/mol. The first kappa shape index (κ1) is 7.31. The third-order valence-electron chi connectivity index (χ3n) is 1.12. The van der Waals surface area contributed by atoms with Crippen molar-refractivity contribution in [3.63, 3.8) is 0 Å². The number of hydrogen-bond acceptors (Lipinski definition) is 3. The van der Waals surface area contributed by atoms with Gasteiger partial charge in [-0.1, -0.05) is 12.6 Å². The van der Waals surface area contributed by atoms with Crippen LogP contribution in [-0.4, -0.2) is 17.3 Å². The first-order valence-electron chi connectivity index (χ1n) is 2.80. The van der Waals surface area contributed by atoms with E-state index in [1.807, 2.05) is 0 Å². The highest BCUT2D eigenvalue weighted by Crippen LogP contribution is 2.13. The summed E-state index contributed by atoms with van der Waals surface area (Å²) < 4.78 is 10.4. The molecule has 0 spiro atoms. The number of rotatable bonds is 1. The average molecular weight is 164 g/mol. The molecule has 0 radical (unpaired) electrons. The maximum atomic E-state index is 5.11. The Balaban J connectivity index is 2.19. The molecule has 0 aromatic rings. The monoisotopic (exact) mass is 164 g/mol. The van der Waals surface area contributed by atoms with Crippen LogP contribution in [0, 0.1) is 0 Å². The van der Waals surface area contributed by atoms with Crippen LogP contribution in [0.1, 0.15) is 12.8 Å². The van der Waals surface area contributed by atoms with Gasteiger partial charge in [-0.2, -0.15) is 0 Å². The largest absolute Gasteiger partial charge is 0.449 e. The van der Waals surface area contributed by atoms with Gasteiger partial charge in [0.1, 0.15) is 0 Å². The maximum absolute atomic E-state index is 5.11. The standard InChI is InChI=1S/C5H8O2S2/c8-5(9)7-4-2-1-3-6-4/h4H,1-3H2,(H,8,9). The van der Waals surface area contributed by atoms with Crippen molar-refractivity contribution in [1.29, 1.82) is 0 Å². The van der Waals surface area contributed by atoms with Crippen molar-refractivity contribution < 1.29 is 9.47 Å². The molecule has 0 bridgehead atoms. The summed E-state index contributed by atoms with van der Waals surface area (Å²) in [6.45, 7) is 0.779. The second kappa shape index (κ2) is 3.39. The summed E-state index contributed by atoms with van der Waals surface area (Å²) in [4.78, 5) is 0. The molecule has 0 aliphatic carbocycles. The van der Waals surface area contributed by atoms with E-state index in [1.165, 1.54) is 0 Å². The Kier molecular flexibility index (Phi) is 2.75. The van der Waals surface area contributed by atoms with E-state index in [1.54, 1.807) is 0 Å². The molecule has 4 heteroatoms. The lowest BCUT2D eigenvalue weighted by Gasteiger charge is -2.08. The average Bonchev–Trinajstić information content (AvgIpc) is 2.15. The third kappa shape index (κ3) is 2.51. The van der Waals surface area contributed by atoms with Gasteiger partial charge in [0.15, 0.2) is 0 Å². The van der Waals surface area contributed by atoms with E-state index in [9.17, 15) is 0 Å². The van der Waals surface area contributed by atoms with Crippen LogP contribution < -0.4 is 0 Å². The SMILES string of the molecule is S=C(S)OC1CCCO1. The zero-order chi connectivity index (χ0) is 6.69. The predicted octanol–water partition coefficient (Wildman–Crippen LogP) is 1.35. The van der Waals surface area contributed by atoms with Gasteiger partial charge in [-0.3, -0.25) is 0 Å². The summed E-state index contributed by atoms with van der Waals surface area (Å²) in [5.74, 6) is 0. The van der Waals surface area contributed by atoms with Crippen LogP contribution in [0.2, 0.25) is 0 Å². The van der Waals surface area contributed by atoms with Gasteiger partial charge in [0.25, 0.3) is 0 Å². The van der Waals surface area contributed by atoms with Crippen molar-refractivity contribution in [1.82, 2.24) is 0 Å².